The summed E-state index contributed by atoms with van der Waals surface area (Å²) >= 11 is 3.59. The number of carbonyl (C=O) groups excluding carboxylic acids is 1. The smallest absolute Gasteiger partial charge is 0.223 e. The Bertz CT molecular complexity index is 705. The lowest BCUT2D eigenvalue weighted by Crippen LogP contribution is -2.36. The Labute approximate surface area is 151 Å². The molecule has 2 aromatic rings. The molecule has 0 fully saturated rings. The molecule has 122 valence electrons. The first-order valence-corrected chi connectivity index (χ1v) is 8.32. The average Bonchev–Trinajstić information content (AvgIpc) is 2.54. The minimum atomic E-state index is 0. The molecule has 0 bridgehead atoms. The Morgan fingerprint density at radius 1 is 1.17 bits per heavy atom. The van der Waals surface area contributed by atoms with Crippen molar-refractivity contribution >= 4 is 39.9 Å². The van der Waals surface area contributed by atoms with Gasteiger partial charge in [-0.25, -0.2) is 0 Å². The summed E-state index contributed by atoms with van der Waals surface area (Å²) in [6.45, 7) is 1.50. The fourth-order valence-electron chi connectivity index (χ4n) is 2.94. The largest absolute Gasteiger partial charge is 0.399 e. The molecular formula is C18H20BrClN2O. The number of hydrogen-bond donors (Lipinski definition) is 1. The van der Waals surface area contributed by atoms with Gasteiger partial charge in [0, 0.05) is 29.7 Å². The Morgan fingerprint density at radius 2 is 1.96 bits per heavy atom. The van der Waals surface area contributed by atoms with Crippen LogP contribution in [0, 0.1) is 0 Å². The highest BCUT2D eigenvalue weighted by Gasteiger charge is 2.21. The molecule has 1 heterocycles. The van der Waals surface area contributed by atoms with Gasteiger partial charge in [0.2, 0.25) is 5.91 Å². The van der Waals surface area contributed by atoms with Crippen LogP contribution in [0.3, 0.4) is 0 Å². The molecule has 0 atom stereocenters. The summed E-state index contributed by atoms with van der Waals surface area (Å²) in [6, 6.07) is 14.0. The minimum absolute atomic E-state index is 0. The number of aryl methyl sites for hydroxylation is 1. The van der Waals surface area contributed by atoms with Crippen molar-refractivity contribution in [1.29, 1.82) is 0 Å². The van der Waals surface area contributed by atoms with E-state index in [-0.39, 0.29) is 18.3 Å². The number of nitrogen functional groups attached to an aromatic ring is 1. The van der Waals surface area contributed by atoms with E-state index in [0.717, 1.165) is 28.7 Å². The Kier molecular flexibility index (Phi) is 6.08. The van der Waals surface area contributed by atoms with Gasteiger partial charge in [0.15, 0.2) is 0 Å². The van der Waals surface area contributed by atoms with Crippen molar-refractivity contribution in [3.8, 4) is 0 Å². The van der Waals surface area contributed by atoms with Gasteiger partial charge in [0.1, 0.15) is 0 Å². The molecule has 0 aliphatic carbocycles. The summed E-state index contributed by atoms with van der Waals surface area (Å²) in [7, 11) is 0. The third-order valence-electron chi connectivity index (χ3n) is 4.22. The fraction of sp³-hybridized carbons (Fsp3) is 0.278. The third kappa shape index (κ3) is 4.06. The van der Waals surface area contributed by atoms with Crippen LogP contribution in [0.4, 0.5) is 5.69 Å². The summed E-state index contributed by atoms with van der Waals surface area (Å²) in [4.78, 5) is 14.4. The zero-order valence-corrected chi connectivity index (χ0v) is 15.2. The summed E-state index contributed by atoms with van der Waals surface area (Å²) in [5.74, 6) is 0.203. The maximum absolute atomic E-state index is 12.5. The first-order chi connectivity index (χ1) is 10.6. The lowest BCUT2D eigenvalue weighted by Gasteiger charge is -2.29. The van der Waals surface area contributed by atoms with E-state index in [9.17, 15) is 4.79 Å². The van der Waals surface area contributed by atoms with E-state index in [1.165, 1.54) is 11.1 Å². The van der Waals surface area contributed by atoms with Crippen LogP contribution in [0.2, 0.25) is 0 Å². The number of nitrogens with zero attached hydrogens (tertiary/aromatic N) is 1. The SMILES string of the molecule is Cl.Nc1ccccc1CCC(=O)N1CCc2c(Br)cccc2C1. The molecule has 3 nitrogen and oxygen atoms in total. The number of para-hydroxylation sites is 1. The van der Waals surface area contributed by atoms with Gasteiger partial charge in [0.25, 0.3) is 0 Å². The lowest BCUT2D eigenvalue weighted by molar-refractivity contribution is -0.132. The molecule has 2 N–H and O–H groups in total. The number of fused-ring (bicyclic) bond motifs is 1. The first-order valence-electron chi connectivity index (χ1n) is 7.52. The van der Waals surface area contributed by atoms with Crippen molar-refractivity contribution in [3.63, 3.8) is 0 Å². The van der Waals surface area contributed by atoms with E-state index in [4.69, 9.17) is 5.73 Å². The van der Waals surface area contributed by atoms with Crippen LogP contribution < -0.4 is 5.73 Å². The molecule has 0 spiro atoms. The second-order valence-corrected chi connectivity index (χ2v) is 6.50. The molecule has 0 saturated heterocycles. The van der Waals surface area contributed by atoms with Gasteiger partial charge in [0.05, 0.1) is 0 Å². The maximum atomic E-state index is 12.5. The van der Waals surface area contributed by atoms with E-state index in [1.807, 2.05) is 35.2 Å². The molecule has 1 aliphatic heterocycles. The molecule has 0 unspecified atom stereocenters. The number of amides is 1. The molecule has 1 aliphatic rings. The second kappa shape index (κ2) is 7.84. The summed E-state index contributed by atoms with van der Waals surface area (Å²) in [5.41, 5.74) is 10.3. The molecule has 5 heteroatoms. The highest BCUT2D eigenvalue weighted by atomic mass is 79.9. The number of anilines is 1. The standard InChI is InChI=1S/C18H19BrN2O.ClH/c19-16-6-3-5-14-12-21(11-10-15(14)16)18(22)9-8-13-4-1-2-7-17(13)20;/h1-7H,8-12,20H2;1H. The van der Waals surface area contributed by atoms with Crippen molar-refractivity contribution < 1.29 is 4.79 Å². The number of halogens is 2. The van der Waals surface area contributed by atoms with Crippen molar-refractivity contribution in [2.24, 2.45) is 0 Å². The highest BCUT2D eigenvalue weighted by Crippen LogP contribution is 2.26. The van der Waals surface area contributed by atoms with Crippen molar-refractivity contribution in [2.45, 2.75) is 25.8 Å². The van der Waals surface area contributed by atoms with Gasteiger partial charge in [-0.05, 0) is 41.7 Å². The van der Waals surface area contributed by atoms with Gasteiger partial charge in [-0.1, -0.05) is 46.3 Å². The van der Waals surface area contributed by atoms with Gasteiger partial charge in [-0.2, -0.15) is 0 Å². The Balaban J connectivity index is 0.00000192. The number of benzene rings is 2. The Morgan fingerprint density at radius 3 is 2.74 bits per heavy atom. The van der Waals surface area contributed by atoms with E-state index in [0.29, 0.717) is 19.4 Å². The van der Waals surface area contributed by atoms with Crippen LogP contribution in [0.5, 0.6) is 0 Å². The topological polar surface area (TPSA) is 46.3 Å². The van der Waals surface area contributed by atoms with E-state index < -0.39 is 0 Å². The number of hydrogen-bond acceptors (Lipinski definition) is 2. The molecule has 3 rings (SSSR count). The van der Waals surface area contributed by atoms with E-state index in [1.54, 1.807) is 0 Å². The monoisotopic (exact) mass is 394 g/mol. The van der Waals surface area contributed by atoms with E-state index in [2.05, 4.69) is 28.1 Å². The summed E-state index contributed by atoms with van der Waals surface area (Å²) in [6.07, 6.45) is 2.13. The normalized spacial score (nSPS) is 13.2. The lowest BCUT2D eigenvalue weighted by atomic mass is 9.99. The molecule has 0 aromatic heterocycles. The number of rotatable bonds is 3. The third-order valence-corrected chi connectivity index (χ3v) is 4.97. The molecular weight excluding hydrogens is 376 g/mol. The summed E-state index contributed by atoms with van der Waals surface area (Å²) < 4.78 is 1.15. The van der Waals surface area contributed by atoms with Crippen molar-refractivity contribution in [3.05, 3.63) is 63.6 Å². The zero-order chi connectivity index (χ0) is 15.5. The minimum Gasteiger partial charge on any atom is -0.399 e. The molecule has 23 heavy (non-hydrogen) atoms. The number of carbonyl (C=O) groups is 1. The molecule has 0 radical (unpaired) electrons. The predicted octanol–water partition coefficient (Wildman–Crippen LogP) is 3.97. The van der Waals surface area contributed by atoms with Crippen LogP contribution >= 0.6 is 28.3 Å². The highest BCUT2D eigenvalue weighted by molar-refractivity contribution is 9.10. The van der Waals surface area contributed by atoms with Crippen LogP contribution in [-0.2, 0) is 24.2 Å². The molecule has 1 amide bonds. The van der Waals surface area contributed by atoms with E-state index >= 15 is 0 Å². The van der Waals surface area contributed by atoms with Gasteiger partial charge in [-0.15, -0.1) is 12.4 Å². The predicted molar refractivity (Wildman–Crippen MR) is 99.7 cm³/mol. The average molecular weight is 396 g/mol. The summed E-state index contributed by atoms with van der Waals surface area (Å²) in [5, 5.41) is 0. The molecule has 0 saturated carbocycles. The number of nitrogens with two attached hydrogens (primary N) is 1. The van der Waals surface area contributed by atoms with Crippen LogP contribution in [0.25, 0.3) is 0 Å². The molecule has 2 aromatic carbocycles. The van der Waals surface area contributed by atoms with Gasteiger partial charge in [-0.3, -0.25) is 4.79 Å². The maximum Gasteiger partial charge on any atom is 0.223 e. The van der Waals surface area contributed by atoms with Crippen molar-refractivity contribution in [2.75, 3.05) is 12.3 Å². The van der Waals surface area contributed by atoms with Crippen molar-refractivity contribution in [1.82, 2.24) is 4.90 Å². The first kappa shape index (κ1) is 17.8. The van der Waals surface area contributed by atoms with Gasteiger partial charge >= 0.3 is 0 Å². The van der Waals surface area contributed by atoms with Crippen LogP contribution in [0.1, 0.15) is 23.1 Å². The van der Waals surface area contributed by atoms with Crippen LogP contribution in [0.15, 0.2) is 46.9 Å². The van der Waals surface area contributed by atoms with Crippen LogP contribution in [-0.4, -0.2) is 17.4 Å². The fourth-order valence-corrected chi connectivity index (χ4v) is 3.54. The quantitative estimate of drug-likeness (QED) is 0.799. The van der Waals surface area contributed by atoms with Gasteiger partial charge < -0.3 is 10.6 Å². The Hall–Kier alpha value is -1.52. The zero-order valence-electron chi connectivity index (χ0n) is 12.8. The second-order valence-electron chi connectivity index (χ2n) is 5.64.